The van der Waals surface area contributed by atoms with Crippen LogP contribution in [0.2, 0.25) is 0 Å². The van der Waals surface area contributed by atoms with Crippen LogP contribution in [0, 0.1) is 0 Å². The number of para-hydroxylation sites is 2. The minimum absolute atomic E-state index is 0.0705. The molecule has 3 aromatic heterocycles. The van der Waals surface area contributed by atoms with Gasteiger partial charge in [0.1, 0.15) is 0 Å². The van der Waals surface area contributed by atoms with Crippen LogP contribution >= 0.6 is 11.3 Å². The number of thiazole rings is 1. The highest BCUT2D eigenvalue weighted by Crippen LogP contribution is 2.33. The molecular formula is C32H25N5S. The van der Waals surface area contributed by atoms with Gasteiger partial charge in [0.25, 0.3) is 0 Å². The zero-order valence-corrected chi connectivity index (χ0v) is 22.2. The van der Waals surface area contributed by atoms with Gasteiger partial charge in [0.05, 0.1) is 26.8 Å². The average Bonchev–Trinajstić information content (AvgIpc) is 3.54. The summed E-state index contributed by atoms with van der Waals surface area (Å²) in [5.74, 6) is 1.89. The van der Waals surface area contributed by atoms with Gasteiger partial charge >= 0.3 is 0 Å². The van der Waals surface area contributed by atoms with Crippen molar-refractivity contribution in [2.45, 2.75) is 26.2 Å². The zero-order valence-electron chi connectivity index (χ0n) is 21.4. The summed E-state index contributed by atoms with van der Waals surface area (Å²) in [7, 11) is 0. The third-order valence-electron chi connectivity index (χ3n) is 7.00. The summed E-state index contributed by atoms with van der Waals surface area (Å²) in [6.07, 6.45) is 0. The number of hydrogen-bond acceptors (Lipinski definition) is 5. The largest absolute Gasteiger partial charge is 0.278 e. The molecule has 0 spiro atoms. The fraction of sp³-hybridized carbons (Fsp3) is 0.125. The molecule has 0 fully saturated rings. The molecule has 7 rings (SSSR count). The van der Waals surface area contributed by atoms with Gasteiger partial charge in [0.2, 0.25) is 5.95 Å². The number of nitrogens with zero attached hydrogens (tertiary/aromatic N) is 5. The van der Waals surface area contributed by atoms with Gasteiger partial charge in [-0.1, -0.05) is 81.4 Å². The molecule has 0 radical (unpaired) electrons. The van der Waals surface area contributed by atoms with Crippen LogP contribution < -0.4 is 0 Å². The molecule has 3 heterocycles. The second-order valence-corrected chi connectivity index (χ2v) is 11.4. The number of benzene rings is 4. The summed E-state index contributed by atoms with van der Waals surface area (Å²) in [5, 5.41) is 2.35. The van der Waals surface area contributed by atoms with Crippen molar-refractivity contribution in [1.82, 2.24) is 24.5 Å². The smallest absolute Gasteiger partial charge is 0.238 e. The van der Waals surface area contributed by atoms with Gasteiger partial charge < -0.3 is 0 Å². The topological polar surface area (TPSA) is 56.5 Å². The summed E-state index contributed by atoms with van der Waals surface area (Å²) in [5.41, 5.74) is 8.23. The Labute approximate surface area is 224 Å². The SMILES string of the molecule is CC(C)(C)c1ccc(-c2nc(-c3ccc4ncsc4c3)nc(-n3c4ccccc4c4ccccc43)n2)cc1. The van der Waals surface area contributed by atoms with E-state index >= 15 is 0 Å². The predicted octanol–water partition coefficient (Wildman–Crippen LogP) is 8.21. The molecule has 0 saturated carbocycles. The molecular weight excluding hydrogens is 486 g/mol. The zero-order chi connectivity index (χ0) is 25.9. The lowest BCUT2D eigenvalue weighted by Crippen LogP contribution is -2.10. The lowest BCUT2D eigenvalue weighted by molar-refractivity contribution is 0.590. The van der Waals surface area contributed by atoms with E-state index < -0.39 is 0 Å². The number of hydrogen-bond donors (Lipinski definition) is 0. The second-order valence-electron chi connectivity index (χ2n) is 10.5. The Balaban J connectivity index is 1.50. The van der Waals surface area contributed by atoms with E-state index in [4.69, 9.17) is 15.0 Å². The molecule has 0 N–H and O–H groups in total. The highest BCUT2D eigenvalue weighted by atomic mass is 32.1. The molecule has 7 aromatic rings. The molecule has 0 aliphatic rings. The van der Waals surface area contributed by atoms with Crippen molar-refractivity contribution >= 4 is 43.4 Å². The third-order valence-corrected chi connectivity index (χ3v) is 7.79. The van der Waals surface area contributed by atoms with E-state index in [1.54, 1.807) is 11.3 Å². The van der Waals surface area contributed by atoms with Crippen molar-refractivity contribution in [3.8, 4) is 28.7 Å². The van der Waals surface area contributed by atoms with Crippen LogP contribution in [-0.4, -0.2) is 24.5 Å². The maximum absolute atomic E-state index is 5.05. The van der Waals surface area contributed by atoms with Crippen LogP contribution in [-0.2, 0) is 5.41 Å². The number of fused-ring (bicyclic) bond motifs is 4. The molecule has 0 aliphatic heterocycles. The van der Waals surface area contributed by atoms with E-state index in [1.807, 2.05) is 17.6 Å². The molecule has 0 aliphatic carbocycles. The van der Waals surface area contributed by atoms with Crippen LogP contribution in [0.5, 0.6) is 0 Å². The highest BCUT2D eigenvalue weighted by molar-refractivity contribution is 7.16. The molecule has 0 atom stereocenters. The van der Waals surface area contributed by atoms with Crippen LogP contribution in [0.4, 0.5) is 0 Å². The summed E-state index contributed by atoms with van der Waals surface area (Å²) in [6.45, 7) is 6.66. The maximum Gasteiger partial charge on any atom is 0.238 e. The molecule has 0 saturated heterocycles. The van der Waals surface area contributed by atoms with Gasteiger partial charge in [-0.15, -0.1) is 11.3 Å². The monoisotopic (exact) mass is 511 g/mol. The Morgan fingerprint density at radius 2 is 1.26 bits per heavy atom. The third kappa shape index (κ3) is 3.76. The van der Waals surface area contributed by atoms with Crippen molar-refractivity contribution in [3.05, 3.63) is 102 Å². The normalized spacial score (nSPS) is 12.1. The molecule has 0 unspecified atom stereocenters. The van der Waals surface area contributed by atoms with E-state index in [0.717, 1.165) is 32.4 Å². The minimum Gasteiger partial charge on any atom is -0.278 e. The molecule has 0 bridgehead atoms. The van der Waals surface area contributed by atoms with Crippen LogP contribution in [0.25, 0.3) is 60.7 Å². The average molecular weight is 512 g/mol. The maximum atomic E-state index is 5.05. The van der Waals surface area contributed by atoms with Crippen LogP contribution in [0.3, 0.4) is 0 Å². The van der Waals surface area contributed by atoms with E-state index in [-0.39, 0.29) is 5.41 Å². The second kappa shape index (κ2) is 8.57. The van der Waals surface area contributed by atoms with Crippen molar-refractivity contribution in [2.75, 3.05) is 0 Å². The lowest BCUT2D eigenvalue weighted by atomic mass is 9.87. The van der Waals surface area contributed by atoms with Crippen molar-refractivity contribution in [1.29, 1.82) is 0 Å². The molecule has 6 heteroatoms. The first-order chi connectivity index (χ1) is 18.5. The molecule has 0 amide bonds. The molecule has 184 valence electrons. The van der Waals surface area contributed by atoms with Crippen LogP contribution in [0.1, 0.15) is 26.3 Å². The van der Waals surface area contributed by atoms with Gasteiger partial charge in [0.15, 0.2) is 11.6 Å². The Bertz CT molecular complexity index is 1910. The molecule has 4 aromatic carbocycles. The first kappa shape index (κ1) is 22.8. The summed E-state index contributed by atoms with van der Waals surface area (Å²) < 4.78 is 3.26. The number of aromatic nitrogens is 5. The molecule has 5 nitrogen and oxygen atoms in total. The first-order valence-corrected chi connectivity index (χ1v) is 13.5. The Morgan fingerprint density at radius 3 is 1.92 bits per heavy atom. The van der Waals surface area contributed by atoms with E-state index in [0.29, 0.717) is 17.6 Å². The van der Waals surface area contributed by atoms with Gasteiger partial charge in [-0.3, -0.25) is 4.57 Å². The Kier molecular flexibility index (Phi) is 5.13. The van der Waals surface area contributed by atoms with Gasteiger partial charge in [-0.05, 0) is 41.3 Å². The fourth-order valence-corrected chi connectivity index (χ4v) is 5.69. The summed E-state index contributed by atoms with van der Waals surface area (Å²) >= 11 is 1.62. The predicted molar refractivity (Wildman–Crippen MR) is 157 cm³/mol. The van der Waals surface area contributed by atoms with Gasteiger partial charge in [-0.25, -0.2) is 9.97 Å². The first-order valence-electron chi connectivity index (χ1n) is 12.6. The highest BCUT2D eigenvalue weighted by Gasteiger charge is 2.19. The van der Waals surface area contributed by atoms with Gasteiger partial charge in [-0.2, -0.15) is 9.97 Å². The fourth-order valence-electron chi connectivity index (χ4n) is 4.97. The van der Waals surface area contributed by atoms with Crippen LogP contribution in [0.15, 0.2) is 96.5 Å². The Hall–Kier alpha value is -4.42. The molecule has 38 heavy (non-hydrogen) atoms. The van der Waals surface area contributed by atoms with E-state index in [2.05, 4.69) is 109 Å². The van der Waals surface area contributed by atoms with Crippen molar-refractivity contribution in [3.63, 3.8) is 0 Å². The number of rotatable bonds is 3. The summed E-state index contributed by atoms with van der Waals surface area (Å²) in [4.78, 5) is 19.5. The van der Waals surface area contributed by atoms with Crippen molar-refractivity contribution in [2.24, 2.45) is 0 Å². The van der Waals surface area contributed by atoms with E-state index in [1.165, 1.54) is 16.3 Å². The van der Waals surface area contributed by atoms with Crippen molar-refractivity contribution < 1.29 is 0 Å². The quantitative estimate of drug-likeness (QED) is 0.240. The minimum atomic E-state index is 0.0705. The van der Waals surface area contributed by atoms with Gasteiger partial charge in [0, 0.05) is 21.9 Å². The Morgan fingerprint density at radius 1 is 0.658 bits per heavy atom. The lowest BCUT2D eigenvalue weighted by Gasteiger charge is -2.19. The standard InChI is InChI=1S/C32H25N5S/c1-32(2,3)22-15-12-20(13-16-22)29-34-30(21-14-17-25-28(18-21)38-19-33-25)36-31(35-29)37-26-10-6-4-8-23(26)24-9-5-7-11-27(24)37/h4-19H,1-3H3. The summed E-state index contributed by atoms with van der Waals surface area (Å²) in [6, 6.07) is 31.6. The van der Waals surface area contributed by atoms with E-state index in [9.17, 15) is 0 Å².